The summed E-state index contributed by atoms with van der Waals surface area (Å²) in [7, 11) is 1.63. The maximum absolute atomic E-state index is 5.86. The first-order valence-corrected chi connectivity index (χ1v) is 6.69. The lowest BCUT2D eigenvalue weighted by Gasteiger charge is -2.14. The number of imidazole rings is 1. The monoisotopic (exact) mass is 284 g/mol. The van der Waals surface area contributed by atoms with Gasteiger partial charge in [0.1, 0.15) is 17.3 Å². The Labute approximate surface area is 122 Å². The first kappa shape index (κ1) is 13.4. The summed E-state index contributed by atoms with van der Waals surface area (Å²) < 4.78 is 11.1. The highest BCUT2D eigenvalue weighted by molar-refractivity contribution is 5.75. The Bertz CT molecular complexity index is 734. The maximum Gasteiger partial charge on any atom is 0.197 e. The highest BCUT2D eigenvalue weighted by Gasteiger charge is 2.14. The highest BCUT2D eigenvalue weighted by Crippen LogP contribution is 2.33. The van der Waals surface area contributed by atoms with Crippen LogP contribution in [0.2, 0.25) is 0 Å². The van der Waals surface area contributed by atoms with Crippen molar-refractivity contribution in [1.82, 2.24) is 19.9 Å². The average Bonchev–Trinajstić information content (AvgIpc) is 2.90. The number of methoxy groups -OCH3 is 1. The van der Waals surface area contributed by atoms with Crippen LogP contribution in [0.25, 0.3) is 22.7 Å². The van der Waals surface area contributed by atoms with E-state index >= 15 is 0 Å². The Morgan fingerprint density at radius 2 is 1.95 bits per heavy atom. The number of aromatic nitrogens is 4. The Kier molecular flexibility index (Phi) is 3.43. The minimum atomic E-state index is 0.0523. The molecule has 1 N–H and O–H groups in total. The molecule has 0 amide bonds. The lowest BCUT2D eigenvalue weighted by Crippen LogP contribution is -2.07. The number of nitrogens with one attached hydrogen (secondary N) is 1. The molecule has 0 fully saturated rings. The van der Waals surface area contributed by atoms with E-state index in [4.69, 9.17) is 9.47 Å². The molecule has 0 spiro atoms. The van der Waals surface area contributed by atoms with Crippen LogP contribution >= 0.6 is 0 Å². The van der Waals surface area contributed by atoms with Crippen molar-refractivity contribution in [3.8, 4) is 22.9 Å². The van der Waals surface area contributed by atoms with Crippen LogP contribution in [0.4, 0.5) is 0 Å². The van der Waals surface area contributed by atoms with E-state index < -0.39 is 0 Å². The van der Waals surface area contributed by atoms with Crippen molar-refractivity contribution in [1.29, 1.82) is 0 Å². The van der Waals surface area contributed by atoms with Gasteiger partial charge in [-0.15, -0.1) is 0 Å². The van der Waals surface area contributed by atoms with Gasteiger partial charge < -0.3 is 14.5 Å². The minimum Gasteiger partial charge on any atom is -0.497 e. The van der Waals surface area contributed by atoms with Gasteiger partial charge in [-0.1, -0.05) is 0 Å². The number of fused-ring (bicyclic) bond motifs is 1. The molecule has 0 atom stereocenters. The van der Waals surface area contributed by atoms with Crippen molar-refractivity contribution in [3.05, 3.63) is 30.6 Å². The average molecular weight is 284 g/mol. The quantitative estimate of drug-likeness (QED) is 0.797. The van der Waals surface area contributed by atoms with E-state index in [1.54, 1.807) is 19.5 Å². The van der Waals surface area contributed by atoms with E-state index in [9.17, 15) is 0 Å². The van der Waals surface area contributed by atoms with Crippen molar-refractivity contribution in [2.75, 3.05) is 7.11 Å². The van der Waals surface area contributed by atoms with Gasteiger partial charge >= 0.3 is 0 Å². The number of H-pyrrole nitrogens is 1. The van der Waals surface area contributed by atoms with Crippen molar-refractivity contribution < 1.29 is 9.47 Å². The molecule has 108 valence electrons. The summed E-state index contributed by atoms with van der Waals surface area (Å²) in [5.41, 5.74) is 2.09. The summed E-state index contributed by atoms with van der Waals surface area (Å²) >= 11 is 0. The third-order valence-corrected chi connectivity index (χ3v) is 2.94. The molecule has 3 rings (SSSR count). The topological polar surface area (TPSA) is 72.9 Å². The molecule has 0 unspecified atom stereocenters. The second kappa shape index (κ2) is 5.40. The van der Waals surface area contributed by atoms with Crippen LogP contribution in [0.1, 0.15) is 13.8 Å². The Balaban J connectivity index is 2.11. The van der Waals surface area contributed by atoms with Gasteiger partial charge in [0.2, 0.25) is 0 Å². The molecule has 0 saturated carbocycles. The Morgan fingerprint density at radius 3 is 2.67 bits per heavy atom. The van der Waals surface area contributed by atoms with Gasteiger partial charge in [-0.3, -0.25) is 0 Å². The van der Waals surface area contributed by atoms with Gasteiger partial charge in [-0.2, -0.15) is 0 Å². The van der Waals surface area contributed by atoms with E-state index in [-0.39, 0.29) is 6.10 Å². The molecule has 0 aliphatic rings. The molecule has 6 nitrogen and oxygen atoms in total. The molecule has 0 bridgehead atoms. The summed E-state index contributed by atoms with van der Waals surface area (Å²) in [4.78, 5) is 16.0. The standard InChI is InChI=1S/C15H16N4O2/c1-9(2)21-12-8-10(20-3)4-5-11(12)13-18-14-15(19-13)17-7-6-16-14/h4-9H,1-3H3,(H,16,17,18,19). The summed E-state index contributed by atoms with van der Waals surface area (Å²) in [6.07, 6.45) is 3.30. The summed E-state index contributed by atoms with van der Waals surface area (Å²) in [5.74, 6) is 2.12. The fourth-order valence-corrected chi connectivity index (χ4v) is 2.05. The molecule has 1 aromatic carbocycles. The van der Waals surface area contributed by atoms with Crippen LogP contribution in [-0.2, 0) is 0 Å². The first-order chi connectivity index (χ1) is 10.2. The molecule has 2 heterocycles. The van der Waals surface area contributed by atoms with Gasteiger partial charge in [-0.05, 0) is 26.0 Å². The first-order valence-electron chi connectivity index (χ1n) is 6.69. The Morgan fingerprint density at radius 1 is 1.14 bits per heavy atom. The molecule has 0 aliphatic heterocycles. The molecule has 2 aromatic heterocycles. The molecule has 21 heavy (non-hydrogen) atoms. The second-order valence-corrected chi connectivity index (χ2v) is 4.84. The normalized spacial score (nSPS) is 11.0. The lowest BCUT2D eigenvalue weighted by molar-refractivity contribution is 0.242. The molecule has 6 heteroatoms. The Hall–Kier alpha value is -2.63. The van der Waals surface area contributed by atoms with E-state index in [1.165, 1.54) is 0 Å². The van der Waals surface area contributed by atoms with E-state index in [0.29, 0.717) is 22.9 Å². The third kappa shape index (κ3) is 2.65. The molecular weight excluding hydrogens is 268 g/mol. The molecule has 0 radical (unpaired) electrons. The number of nitrogens with zero attached hydrogens (tertiary/aromatic N) is 3. The van der Waals surface area contributed by atoms with E-state index in [1.807, 2.05) is 32.0 Å². The molecule has 0 aliphatic carbocycles. The SMILES string of the molecule is COc1ccc(-c2nc3nccnc3[nH]2)c(OC(C)C)c1. The highest BCUT2D eigenvalue weighted by atomic mass is 16.5. The number of ether oxygens (including phenoxy) is 2. The zero-order chi connectivity index (χ0) is 14.8. The number of rotatable bonds is 4. The third-order valence-electron chi connectivity index (χ3n) is 2.94. The van der Waals surface area contributed by atoms with Crippen LogP contribution in [0.3, 0.4) is 0 Å². The van der Waals surface area contributed by atoms with Crippen LogP contribution in [0.15, 0.2) is 30.6 Å². The van der Waals surface area contributed by atoms with E-state index in [2.05, 4.69) is 19.9 Å². The number of hydrogen-bond donors (Lipinski definition) is 1. The van der Waals surface area contributed by atoms with Gasteiger partial charge in [0.15, 0.2) is 11.3 Å². The number of hydrogen-bond acceptors (Lipinski definition) is 5. The second-order valence-electron chi connectivity index (χ2n) is 4.84. The zero-order valence-corrected chi connectivity index (χ0v) is 12.1. The smallest absolute Gasteiger partial charge is 0.197 e. The van der Waals surface area contributed by atoms with Crippen molar-refractivity contribution in [2.45, 2.75) is 20.0 Å². The number of aromatic amines is 1. The fourth-order valence-electron chi connectivity index (χ4n) is 2.05. The van der Waals surface area contributed by atoms with Gasteiger partial charge in [-0.25, -0.2) is 15.0 Å². The van der Waals surface area contributed by atoms with Crippen molar-refractivity contribution in [3.63, 3.8) is 0 Å². The molecular formula is C15H16N4O2. The fraction of sp³-hybridized carbons (Fsp3) is 0.267. The zero-order valence-electron chi connectivity index (χ0n) is 12.1. The van der Waals surface area contributed by atoms with Gasteiger partial charge in [0, 0.05) is 18.5 Å². The maximum atomic E-state index is 5.86. The summed E-state index contributed by atoms with van der Waals surface area (Å²) in [6.45, 7) is 3.95. The van der Waals surface area contributed by atoms with Crippen LogP contribution in [0.5, 0.6) is 11.5 Å². The van der Waals surface area contributed by atoms with Crippen LogP contribution < -0.4 is 9.47 Å². The summed E-state index contributed by atoms with van der Waals surface area (Å²) in [5, 5.41) is 0. The molecule has 3 aromatic rings. The predicted molar refractivity (Wildman–Crippen MR) is 79.4 cm³/mol. The van der Waals surface area contributed by atoms with Crippen LogP contribution in [0, 0.1) is 0 Å². The number of benzene rings is 1. The lowest BCUT2D eigenvalue weighted by atomic mass is 10.2. The largest absolute Gasteiger partial charge is 0.497 e. The summed E-state index contributed by atoms with van der Waals surface area (Å²) in [6, 6.07) is 5.63. The van der Waals surface area contributed by atoms with E-state index in [0.717, 1.165) is 11.3 Å². The minimum absolute atomic E-state index is 0.0523. The van der Waals surface area contributed by atoms with Crippen molar-refractivity contribution in [2.24, 2.45) is 0 Å². The van der Waals surface area contributed by atoms with Crippen molar-refractivity contribution >= 4 is 11.3 Å². The predicted octanol–water partition coefficient (Wildman–Crippen LogP) is 2.82. The molecule has 0 saturated heterocycles. The van der Waals surface area contributed by atoms with Crippen LogP contribution in [-0.4, -0.2) is 33.1 Å². The van der Waals surface area contributed by atoms with Gasteiger partial charge in [0.25, 0.3) is 0 Å². The van der Waals surface area contributed by atoms with Gasteiger partial charge in [0.05, 0.1) is 18.8 Å².